The summed E-state index contributed by atoms with van der Waals surface area (Å²) >= 11 is 0. The number of nitrogens with one attached hydrogen (secondary N) is 1. The highest BCUT2D eigenvalue weighted by molar-refractivity contribution is 5.80. The zero-order valence-electron chi connectivity index (χ0n) is 14.5. The predicted octanol–water partition coefficient (Wildman–Crippen LogP) is 2.64. The fourth-order valence-electron chi connectivity index (χ4n) is 3.13. The Kier molecular flexibility index (Phi) is 4.08. The second-order valence-corrected chi connectivity index (χ2v) is 6.18. The highest BCUT2D eigenvalue weighted by Gasteiger charge is 2.24. The number of nitrogens with zero attached hydrogens (tertiary/aromatic N) is 2. The summed E-state index contributed by atoms with van der Waals surface area (Å²) in [6, 6.07) is 13.3. The lowest BCUT2D eigenvalue weighted by Gasteiger charge is -2.10. The minimum Gasteiger partial charge on any atom is -0.454 e. The normalized spacial score (nSPS) is 13.6. The molecular weight excluding hydrogens is 330 g/mol. The van der Waals surface area contributed by atoms with Crippen LogP contribution in [0.5, 0.6) is 11.5 Å². The van der Waals surface area contributed by atoms with Crippen LogP contribution in [0.15, 0.2) is 55.4 Å². The van der Waals surface area contributed by atoms with Gasteiger partial charge >= 0.3 is 0 Å². The Labute approximate surface area is 151 Å². The maximum atomic E-state index is 12.7. The summed E-state index contributed by atoms with van der Waals surface area (Å²) in [7, 11) is 0. The fourth-order valence-corrected chi connectivity index (χ4v) is 3.13. The number of hydrogen-bond acceptors (Lipinski definition) is 3. The summed E-state index contributed by atoms with van der Waals surface area (Å²) in [5.74, 6) is 1.40. The van der Waals surface area contributed by atoms with Crippen molar-refractivity contribution >= 4 is 23.1 Å². The molecule has 1 aromatic heterocycles. The van der Waals surface area contributed by atoms with Gasteiger partial charge in [0, 0.05) is 6.54 Å². The van der Waals surface area contributed by atoms with E-state index in [2.05, 4.69) is 11.9 Å². The number of para-hydroxylation sites is 2. The molecule has 2 heterocycles. The van der Waals surface area contributed by atoms with Crippen molar-refractivity contribution in [3.63, 3.8) is 0 Å². The summed E-state index contributed by atoms with van der Waals surface area (Å²) in [6.45, 7) is 6.39. The first-order valence-corrected chi connectivity index (χ1v) is 8.47. The van der Waals surface area contributed by atoms with Crippen molar-refractivity contribution in [2.24, 2.45) is 0 Å². The van der Waals surface area contributed by atoms with Gasteiger partial charge in [-0.3, -0.25) is 4.79 Å². The number of hydrogen-bond donors (Lipinski definition) is 1. The molecule has 1 atom stereocenters. The molecule has 6 heteroatoms. The van der Waals surface area contributed by atoms with Crippen LogP contribution in [0.3, 0.4) is 0 Å². The molecule has 0 aliphatic carbocycles. The van der Waals surface area contributed by atoms with Crippen molar-refractivity contribution < 1.29 is 18.8 Å². The van der Waals surface area contributed by atoms with Gasteiger partial charge in [-0.2, -0.15) is 0 Å². The van der Waals surface area contributed by atoms with E-state index in [1.807, 2.05) is 64.8 Å². The summed E-state index contributed by atoms with van der Waals surface area (Å²) in [4.78, 5) is 12.7. The Hall–Kier alpha value is -3.28. The number of aromatic nitrogens is 2. The zero-order chi connectivity index (χ0) is 18.1. The van der Waals surface area contributed by atoms with Gasteiger partial charge in [0.1, 0.15) is 0 Å². The van der Waals surface area contributed by atoms with E-state index >= 15 is 0 Å². The van der Waals surface area contributed by atoms with E-state index in [1.165, 1.54) is 0 Å². The molecule has 0 unspecified atom stereocenters. The Balaban J connectivity index is 1.51. The first kappa shape index (κ1) is 16.2. The van der Waals surface area contributed by atoms with Crippen LogP contribution in [0.2, 0.25) is 0 Å². The average Bonchev–Trinajstić information content (AvgIpc) is 3.29. The lowest BCUT2D eigenvalue weighted by atomic mass is 10.2. The van der Waals surface area contributed by atoms with Crippen molar-refractivity contribution in [2.45, 2.75) is 19.5 Å². The highest BCUT2D eigenvalue weighted by Crippen LogP contribution is 2.32. The van der Waals surface area contributed by atoms with Crippen LogP contribution in [-0.4, -0.2) is 17.3 Å². The number of fused-ring (bicyclic) bond motifs is 2. The van der Waals surface area contributed by atoms with Gasteiger partial charge in [-0.05, 0) is 36.8 Å². The Bertz CT molecular complexity index is 993. The molecule has 0 bridgehead atoms. The quantitative estimate of drug-likeness (QED) is 0.720. The Morgan fingerprint density at radius 3 is 2.96 bits per heavy atom. The van der Waals surface area contributed by atoms with Gasteiger partial charge in [-0.1, -0.05) is 24.8 Å². The van der Waals surface area contributed by atoms with Gasteiger partial charge in [0.25, 0.3) is 5.91 Å². The Morgan fingerprint density at radius 1 is 1.31 bits per heavy atom. The van der Waals surface area contributed by atoms with Crippen LogP contribution in [0, 0.1) is 0 Å². The van der Waals surface area contributed by atoms with Crippen LogP contribution in [-0.2, 0) is 11.3 Å². The van der Waals surface area contributed by atoms with Gasteiger partial charge in [-0.25, -0.2) is 9.13 Å². The summed E-state index contributed by atoms with van der Waals surface area (Å²) in [5, 5.41) is 2.99. The number of ether oxygens (including phenoxy) is 2. The largest absolute Gasteiger partial charge is 0.454 e. The van der Waals surface area contributed by atoms with Crippen LogP contribution in [0.4, 0.5) is 0 Å². The zero-order valence-corrected chi connectivity index (χ0v) is 14.5. The first-order chi connectivity index (χ1) is 12.7. The van der Waals surface area contributed by atoms with E-state index in [1.54, 1.807) is 6.20 Å². The van der Waals surface area contributed by atoms with Gasteiger partial charge in [0.15, 0.2) is 28.6 Å². The number of rotatable bonds is 5. The van der Waals surface area contributed by atoms with Crippen molar-refractivity contribution in [3.05, 3.63) is 60.9 Å². The van der Waals surface area contributed by atoms with Crippen molar-refractivity contribution in [2.75, 3.05) is 6.79 Å². The molecule has 2 aromatic carbocycles. The minimum absolute atomic E-state index is 0.0559. The van der Waals surface area contributed by atoms with E-state index in [4.69, 9.17) is 9.47 Å². The fraction of sp³-hybridized carbons (Fsp3) is 0.200. The maximum absolute atomic E-state index is 12.7. The third-order valence-corrected chi connectivity index (χ3v) is 4.58. The Morgan fingerprint density at radius 2 is 2.12 bits per heavy atom. The molecule has 132 valence electrons. The standard InChI is InChI=1S/C20H19N3O3/c1-3-22-12-23(17-7-5-4-6-16(17)22)14(2)20(24)21-11-15-8-9-18-19(10-15)26-13-25-18/h3-10,12,14H,1,11,13H2,2H3/p+1/t14-/m0/s1. The molecule has 0 spiro atoms. The third-order valence-electron chi connectivity index (χ3n) is 4.58. The molecule has 1 amide bonds. The average molecular weight is 350 g/mol. The van der Waals surface area contributed by atoms with Gasteiger partial charge in [-0.15, -0.1) is 0 Å². The van der Waals surface area contributed by atoms with E-state index in [0.717, 1.165) is 22.3 Å². The SMILES string of the molecule is C=Cn1c[n+]([C@@H](C)C(=O)NCc2ccc3c(c2)OCO3)c2ccccc21. The monoisotopic (exact) mass is 350 g/mol. The summed E-state index contributed by atoms with van der Waals surface area (Å²) < 4.78 is 14.5. The molecule has 6 nitrogen and oxygen atoms in total. The molecule has 0 fully saturated rings. The topological polar surface area (TPSA) is 56.4 Å². The van der Waals surface area contributed by atoms with E-state index in [9.17, 15) is 4.79 Å². The number of carbonyl (C=O) groups is 1. The van der Waals surface area contributed by atoms with Crippen LogP contribution in [0.25, 0.3) is 17.2 Å². The summed E-state index contributed by atoms with van der Waals surface area (Å²) in [5.41, 5.74) is 2.96. The maximum Gasteiger partial charge on any atom is 0.265 e. The predicted molar refractivity (Wildman–Crippen MR) is 97.6 cm³/mol. The minimum atomic E-state index is -0.352. The highest BCUT2D eigenvalue weighted by atomic mass is 16.7. The van der Waals surface area contributed by atoms with Gasteiger partial charge in [0.05, 0.1) is 6.20 Å². The smallest absolute Gasteiger partial charge is 0.265 e. The number of imidazole rings is 1. The molecule has 26 heavy (non-hydrogen) atoms. The molecule has 0 radical (unpaired) electrons. The van der Waals surface area contributed by atoms with Crippen LogP contribution >= 0.6 is 0 Å². The number of benzene rings is 2. The van der Waals surface area contributed by atoms with Crippen LogP contribution in [0.1, 0.15) is 18.5 Å². The molecule has 4 rings (SSSR count). The molecule has 1 N–H and O–H groups in total. The van der Waals surface area contributed by atoms with Crippen molar-refractivity contribution in [3.8, 4) is 11.5 Å². The van der Waals surface area contributed by atoms with E-state index in [0.29, 0.717) is 12.3 Å². The summed E-state index contributed by atoms with van der Waals surface area (Å²) in [6.07, 6.45) is 3.62. The second kappa shape index (κ2) is 6.55. The van der Waals surface area contributed by atoms with Crippen molar-refractivity contribution in [1.82, 2.24) is 9.88 Å². The lowest BCUT2D eigenvalue weighted by Crippen LogP contribution is -2.46. The molecule has 0 saturated heterocycles. The van der Waals surface area contributed by atoms with Crippen LogP contribution < -0.4 is 19.4 Å². The van der Waals surface area contributed by atoms with E-state index in [-0.39, 0.29) is 18.7 Å². The lowest BCUT2D eigenvalue weighted by molar-refractivity contribution is -0.681. The first-order valence-electron chi connectivity index (χ1n) is 8.47. The molecular formula is C20H20N3O3+. The second-order valence-electron chi connectivity index (χ2n) is 6.18. The number of amides is 1. The molecule has 3 aromatic rings. The molecule has 0 saturated carbocycles. The van der Waals surface area contributed by atoms with E-state index < -0.39 is 0 Å². The molecule has 1 aliphatic rings. The number of carbonyl (C=O) groups excluding carboxylic acids is 1. The molecule has 1 aliphatic heterocycles. The van der Waals surface area contributed by atoms with Crippen molar-refractivity contribution in [1.29, 1.82) is 0 Å². The third kappa shape index (κ3) is 2.79. The van der Waals surface area contributed by atoms with Gasteiger partial charge in [0.2, 0.25) is 13.1 Å². The van der Waals surface area contributed by atoms with Gasteiger partial charge < -0.3 is 14.8 Å².